The third kappa shape index (κ3) is 2.98. The summed E-state index contributed by atoms with van der Waals surface area (Å²) in [6, 6.07) is 18.1. The lowest BCUT2D eigenvalue weighted by Gasteiger charge is -2.13. The van der Waals surface area contributed by atoms with Crippen molar-refractivity contribution >= 4 is 42.6 Å². The molecular weight excluding hydrogens is 394 g/mol. The second-order valence-corrected chi connectivity index (χ2v) is 6.37. The van der Waals surface area contributed by atoms with E-state index in [0.29, 0.717) is 6.54 Å². The predicted octanol–water partition coefficient (Wildman–Crippen LogP) is 5.62. The molecule has 0 aliphatic heterocycles. The maximum atomic E-state index is 6.05. The smallest absolute Gasteiger partial charge is 0.142 e. The van der Waals surface area contributed by atoms with Crippen molar-refractivity contribution in [3.8, 4) is 11.5 Å². The lowest BCUT2D eigenvalue weighted by molar-refractivity contribution is 0.474. The Morgan fingerprint density at radius 1 is 0.905 bits per heavy atom. The van der Waals surface area contributed by atoms with Crippen LogP contribution in [0.15, 0.2) is 63.5 Å². The molecule has 0 heterocycles. The number of halogens is 2. The third-order valence-corrected chi connectivity index (χ3v) is 4.60. The van der Waals surface area contributed by atoms with Crippen molar-refractivity contribution in [3.63, 3.8) is 0 Å². The summed E-state index contributed by atoms with van der Waals surface area (Å²) in [5.74, 6) is 1.56. The fraction of sp³-hybridized carbons (Fsp3) is 0.0588. The molecule has 4 heteroatoms. The zero-order valence-corrected chi connectivity index (χ0v) is 14.3. The van der Waals surface area contributed by atoms with Crippen molar-refractivity contribution < 1.29 is 4.74 Å². The first-order valence-corrected chi connectivity index (χ1v) is 8.11. The lowest BCUT2D eigenvalue weighted by atomic mass is 10.1. The van der Waals surface area contributed by atoms with Gasteiger partial charge in [-0.25, -0.2) is 0 Å². The molecule has 2 N–H and O–H groups in total. The van der Waals surface area contributed by atoms with Gasteiger partial charge in [-0.3, -0.25) is 0 Å². The Labute approximate surface area is 140 Å². The van der Waals surface area contributed by atoms with E-state index in [0.717, 1.165) is 31.4 Å². The van der Waals surface area contributed by atoms with E-state index >= 15 is 0 Å². The number of ether oxygens (including phenoxy) is 1. The molecule has 3 aromatic rings. The summed E-state index contributed by atoms with van der Waals surface area (Å²) in [6.45, 7) is 0.431. The molecule has 0 aliphatic rings. The van der Waals surface area contributed by atoms with Crippen LogP contribution in [0.3, 0.4) is 0 Å². The zero-order valence-electron chi connectivity index (χ0n) is 11.1. The predicted molar refractivity (Wildman–Crippen MR) is 93.8 cm³/mol. The number of hydrogen-bond acceptors (Lipinski definition) is 2. The van der Waals surface area contributed by atoms with Gasteiger partial charge in [-0.2, -0.15) is 0 Å². The van der Waals surface area contributed by atoms with E-state index in [1.807, 2.05) is 36.4 Å². The molecule has 0 unspecified atom stereocenters. The Balaban J connectivity index is 2.04. The van der Waals surface area contributed by atoms with Gasteiger partial charge in [0.05, 0.1) is 4.47 Å². The van der Waals surface area contributed by atoms with E-state index in [4.69, 9.17) is 10.5 Å². The van der Waals surface area contributed by atoms with Gasteiger partial charge in [-0.15, -0.1) is 0 Å². The maximum Gasteiger partial charge on any atom is 0.142 e. The van der Waals surface area contributed by atoms with Gasteiger partial charge in [0, 0.05) is 16.6 Å². The highest BCUT2D eigenvalue weighted by Gasteiger charge is 2.09. The maximum absolute atomic E-state index is 6.05. The van der Waals surface area contributed by atoms with Crippen molar-refractivity contribution in [2.75, 3.05) is 0 Å². The van der Waals surface area contributed by atoms with E-state index in [1.54, 1.807) is 0 Å². The van der Waals surface area contributed by atoms with Crippen molar-refractivity contribution in [2.24, 2.45) is 5.73 Å². The molecule has 0 aliphatic carbocycles. The summed E-state index contributed by atoms with van der Waals surface area (Å²) in [5, 5.41) is 2.30. The molecule has 21 heavy (non-hydrogen) atoms. The quantitative estimate of drug-likeness (QED) is 0.612. The second-order valence-electron chi connectivity index (χ2n) is 4.66. The van der Waals surface area contributed by atoms with Gasteiger partial charge in [0.2, 0.25) is 0 Å². The molecule has 106 valence electrons. The fourth-order valence-corrected chi connectivity index (χ4v) is 3.20. The summed E-state index contributed by atoms with van der Waals surface area (Å²) in [7, 11) is 0. The monoisotopic (exact) mass is 405 g/mol. The molecule has 0 aromatic heterocycles. The van der Waals surface area contributed by atoms with Gasteiger partial charge in [0.25, 0.3) is 0 Å². The standard InChI is InChI=1S/C17H13Br2NO/c18-13-6-8-15(12(9-13)10-20)21-16-7-5-11-3-1-2-4-14(11)17(16)19/h1-9H,10,20H2. The molecule has 0 amide bonds. The van der Waals surface area contributed by atoms with Crippen LogP contribution in [0.5, 0.6) is 11.5 Å². The van der Waals surface area contributed by atoms with Crippen LogP contribution in [0.25, 0.3) is 10.8 Å². The van der Waals surface area contributed by atoms with Crippen LogP contribution in [0.2, 0.25) is 0 Å². The number of nitrogens with two attached hydrogens (primary N) is 1. The van der Waals surface area contributed by atoms with Gasteiger partial charge in [0.1, 0.15) is 11.5 Å². The molecule has 0 saturated heterocycles. The first-order valence-electron chi connectivity index (χ1n) is 6.52. The van der Waals surface area contributed by atoms with Crippen LogP contribution in [0.4, 0.5) is 0 Å². The largest absolute Gasteiger partial charge is 0.456 e. The van der Waals surface area contributed by atoms with Crippen molar-refractivity contribution in [2.45, 2.75) is 6.54 Å². The number of rotatable bonds is 3. The van der Waals surface area contributed by atoms with Crippen LogP contribution < -0.4 is 10.5 Å². The van der Waals surface area contributed by atoms with Crippen LogP contribution >= 0.6 is 31.9 Å². The normalized spacial score (nSPS) is 10.8. The summed E-state index contributed by atoms with van der Waals surface area (Å²) in [5.41, 5.74) is 6.75. The van der Waals surface area contributed by atoms with Crippen molar-refractivity contribution in [3.05, 3.63) is 69.1 Å². The molecule has 0 atom stereocenters. The zero-order chi connectivity index (χ0) is 14.8. The summed E-state index contributed by atoms with van der Waals surface area (Å²) in [4.78, 5) is 0. The molecular formula is C17H13Br2NO. The Morgan fingerprint density at radius 3 is 2.48 bits per heavy atom. The molecule has 2 nitrogen and oxygen atoms in total. The number of fused-ring (bicyclic) bond motifs is 1. The van der Waals surface area contributed by atoms with E-state index in [1.165, 1.54) is 5.39 Å². The molecule has 0 bridgehead atoms. The van der Waals surface area contributed by atoms with Gasteiger partial charge >= 0.3 is 0 Å². The lowest BCUT2D eigenvalue weighted by Crippen LogP contribution is -1.99. The Bertz CT molecular complexity index is 802. The van der Waals surface area contributed by atoms with Crippen LogP contribution in [-0.2, 0) is 6.54 Å². The van der Waals surface area contributed by atoms with Crippen LogP contribution in [0, 0.1) is 0 Å². The minimum atomic E-state index is 0.431. The first-order chi connectivity index (χ1) is 10.2. The van der Waals surface area contributed by atoms with Crippen molar-refractivity contribution in [1.82, 2.24) is 0 Å². The highest BCUT2D eigenvalue weighted by atomic mass is 79.9. The molecule has 3 rings (SSSR count). The Hall–Kier alpha value is -1.36. The minimum Gasteiger partial charge on any atom is -0.456 e. The van der Waals surface area contributed by atoms with Gasteiger partial charge in [-0.1, -0.05) is 46.3 Å². The first kappa shape index (κ1) is 14.6. The Kier molecular flexibility index (Phi) is 4.29. The van der Waals surface area contributed by atoms with Crippen LogP contribution in [-0.4, -0.2) is 0 Å². The topological polar surface area (TPSA) is 35.2 Å². The molecule has 0 fully saturated rings. The van der Waals surface area contributed by atoms with Gasteiger partial charge < -0.3 is 10.5 Å². The number of hydrogen-bond donors (Lipinski definition) is 1. The average molecular weight is 407 g/mol. The molecule has 0 spiro atoms. The number of benzene rings is 3. The van der Waals surface area contributed by atoms with Gasteiger partial charge in [-0.05, 0) is 51.0 Å². The highest BCUT2D eigenvalue weighted by Crippen LogP contribution is 2.37. The Morgan fingerprint density at radius 2 is 1.67 bits per heavy atom. The van der Waals surface area contributed by atoms with Gasteiger partial charge in [0.15, 0.2) is 0 Å². The summed E-state index contributed by atoms with van der Waals surface area (Å²) in [6.07, 6.45) is 0. The van der Waals surface area contributed by atoms with E-state index in [9.17, 15) is 0 Å². The molecule has 0 radical (unpaired) electrons. The SMILES string of the molecule is NCc1cc(Br)ccc1Oc1ccc2ccccc2c1Br. The molecule has 0 saturated carbocycles. The second kappa shape index (κ2) is 6.18. The molecule has 3 aromatic carbocycles. The fourth-order valence-electron chi connectivity index (χ4n) is 2.22. The summed E-state index contributed by atoms with van der Waals surface area (Å²) < 4.78 is 7.99. The van der Waals surface area contributed by atoms with Crippen LogP contribution in [0.1, 0.15) is 5.56 Å². The summed E-state index contributed by atoms with van der Waals surface area (Å²) >= 11 is 7.08. The average Bonchev–Trinajstić information content (AvgIpc) is 2.51. The van der Waals surface area contributed by atoms with E-state index in [-0.39, 0.29) is 0 Å². The van der Waals surface area contributed by atoms with E-state index < -0.39 is 0 Å². The third-order valence-electron chi connectivity index (χ3n) is 3.29. The highest BCUT2D eigenvalue weighted by molar-refractivity contribution is 9.11. The van der Waals surface area contributed by atoms with Crippen molar-refractivity contribution in [1.29, 1.82) is 0 Å². The van der Waals surface area contributed by atoms with E-state index in [2.05, 4.69) is 50.1 Å². The minimum absolute atomic E-state index is 0.431.